The van der Waals surface area contributed by atoms with Crippen molar-refractivity contribution in [2.75, 3.05) is 12.8 Å². The van der Waals surface area contributed by atoms with Gasteiger partial charge >= 0.3 is 0 Å². The molecule has 34 heavy (non-hydrogen) atoms. The summed E-state index contributed by atoms with van der Waals surface area (Å²) in [6.07, 6.45) is 6.27. The van der Waals surface area contributed by atoms with Crippen molar-refractivity contribution in [2.45, 2.75) is 34.1 Å². The molecule has 0 unspecified atom stereocenters. The van der Waals surface area contributed by atoms with E-state index in [1.54, 1.807) is 24.5 Å². The topological polar surface area (TPSA) is 89.3 Å². The molecule has 4 aromatic rings. The first-order chi connectivity index (χ1) is 16.4. The third-order valence-electron chi connectivity index (χ3n) is 4.89. The van der Waals surface area contributed by atoms with Crippen LogP contribution in [0.3, 0.4) is 0 Å². The van der Waals surface area contributed by atoms with Crippen molar-refractivity contribution in [1.29, 1.82) is 5.41 Å². The lowest BCUT2D eigenvalue weighted by molar-refractivity contribution is 0.101. The Balaban J connectivity index is 0.000000522. The molecule has 2 aromatic heterocycles. The van der Waals surface area contributed by atoms with Crippen LogP contribution in [-0.4, -0.2) is 18.6 Å². The number of nitrogens with one attached hydrogen (secondary N) is 1. The van der Waals surface area contributed by atoms with Gasteiger partial charge < -0.3 is 20.3 Å². The van der Waals surface area contributed by atoms with Crippen molar-refractivity contribution in [3.63, 3.8) is 0 Å². The number of aryl methyl sites for hydroxylation is 1. The van der Waals surface area contributed by atoms with Crippen LogP contribution in [0.5, 0.6) is 5.75 Å². The second-order valence-electron chi connectivity index (χ2n) is 7.06. The number of furan rings is 1. The zero-order chi connectivity index (χ0) is 25.1. The molecule has 6 heteroatoms. The molecule has 4 rings (SSSR count). The molecule has 0 aliphatic carbocycles. The van der Waals surface area contributed by atoms with Crippen LogP contribution in [0.4, 0.5) is 5.69 Å². The average Bonchev–Trinajstić information content (AvgIpc) is 3.55. The van der Waals surface area contributed by atoms with Gasteiger partial charge in [0.05, 0.1) is 30.2 Å². The lowest BCUT2D eigenvalue weighted by Gasteiger charge is -2.13. The van der Waals surface area contributed by atoms with Gasteiger partial charge in [0.15, 0.2) is 5.78 Å². The van der Waals surface area contributed by atoms with Crippen LogP contribution in [0, 0.1) is 5.41 Å². The van der Waals surface area contributed by atoms with Gasteiger partial charge in [0.1, 0.15) is 11.3 Å². The molecule has 0 fully saturated rings. The highest BCUT2D eigenvalue weighted by molar-refractivity contribution is 7.09. The first kappa shape index (κ1) is 26.6. The largest absolute Gasteiger partial charge is 0.495 e. The number of benzene rings is 2. The predicted molar refractivity (Wildman–Crippen MR) is 147 cm³/mol. The normalized spacial score (nSPS) is 10.3. The van der Waals surface area contributed by atoms with Crippen molar-refractivity contribution >= 4 is 45.6 Å². The highest BCUT2D eigenvalue weighted by Gasteiger charge is 2.17. The van der Waals surface area contributed by atoms with E-state index in [1.807, 2.05) is 55.5 Å². The Kier molecular flexibility index (Phi) is 10.3. The molecule has 5 nitrogen and oxygen atoms in total. The van der Waals surface area contributed by atoms with Gasteiger partial charge in [-0.05, 0) is 66.8 Å². The van der Waals surface area contributed by atoms with Crippen LogP contribution < -0.4 is 10.5 Å². The highest BCUT2D eigenvalue weighted by atomic mass is 32.1. The summed E-state index contributed by atoms with van der Waals surface area (Å²) in [6.45, 7) is 7.63. The molecular weight excluding hydrogens is 444 g/mol. The minimum absolute atomic E-state index is 0. The Labute approximate surface area is 206 Å². The fourth-order valence-corrected chi connectivity index (χ4v) is 3.89. The number of hydrogen-bond acceptors (Lipinski definition) is 6. The Morgan fingerprint density at radius 1 is 1.21 bits per heavy atom. The van der Waals surface area contributed by atoms with Crippen molar-refractivity contribution in [1.82, 2.24) is 0 Å². The molecule has 0 bridgehead atoms. The average molecular weight is 479 g/mol. The maximum atomic E-state index is 11.8. The summed E-state index contributed by atoms with van der Waals surface area (Å²) in [5.74, 6) is 0.188. The molecule has 0 aliphatic rings. The van der Waals surface area contributed by atoms with Crippen molar-refractivity contribution in [3.05, 3.63) is 87.8 Å². The number of Topliss-reactive ketones (excluding diaryl/α,β-unsaturated/α-hetero) is 1. The number of ether oxygens (including phenoxy) is 1. The number of nitrogen functional groups attached to an aromatic ring is 1. The minimum Gasteiger partial charge on any atom is -0.495 e. The number of nitrogens with two attached hydrogens (primary N) is 1. The molecule has 0 saturated heterocycles. The van der Waals surface area contributed by atoms with E-state index >= 15 is 0 Å². The summed E-state index contributed by atoms with van der Waals surface area (Å²) >= 11 is 1.82. The third-order valence-corrected chi connectivity index (χ3v) is 5.91. The van der Waals surface area contributed by atoms with Crippen LogP contribution in [0.1, 0.15) is 55.5 Å². The van der Waals surface area contributed by atoms with E-state index in [1.165, 1.54) is 25.3 Å². The molecule has 0 atom stereocenters. The number of rotatable bonds is 6. The summed E-state index contributed by atoms with van der Waals surface area (Å²) in [5.41, 5.74) is 9.14. The number of carbonyl (C=O) groups is 1. The monoisotopic (exact) mass is 478 g/mol. The van der Waals surface area contributed by atoms with E-state index in [2.05, 4.69) is 24.4 Å². The van der Waals surface area contributed by atoms with E-state index in [0.717, 1.165) is 16.5 Å². The van der Waals surface area contributed by atoms with Gasteiger partial charge in [0, 0.05) is 17.4 Å². The number of carbonyl (C=O) groups excluding carboxylic acids is 1. The number of anilines is 1. The third kappa shape index (κ3) is 6.68. The Morgan fingerprint density at radius 3 is 2.56 bits per heavy atom. The number of ketones is 1. The quantitative estimate of drug-likeness (QED) is 0.167. The number of thiophene rings is 1. The maximum Gasteiger partial charge on any atom is 0.163 e. The zero-order valence-corrected chi connectivity index (χ0v) is 21.2. The molecule has 2 aromatic carbocycles. The fourth-order valence-electron chi connectivity index (χ4n) is 3.23. The summed E-state index contributed by atoms with van der Waals surface area (Å²) < 4.78 is 10.7. The molecular formula is C28H34N2O3S. The zero-order valence-electron chi connectivity index (χ0n) is 20.3. The van der Waals surface area contributed by atoms with Gasteiger partial charge in [-0.2, -0.15) is 0 Å². The van der Waals surface area contributed by atoms with Gasteiger partial charge in [0.2, 0.25) is 0 Å². The molecule has 0 spiro atoms. The molecule has 0 aliphatic heterocycles. The van der Waals surface area contributed by atoms with Crippen molar-refractivity contribution < 1.29 is 15.4 Å². The Hall–Kier alpha value is -3.64. The molecule has 3 N–H and O–H groups in total. The molecule has 0 radical (unpaired) electrons. The van der Waals surface area contributed by atoms with Crippen LogP contribution in [0.2, 0.25) is 0 Å². The van der Waals surface area contributed by atoms with Crippen molar-refractivity contribution in [3.8, 4) is 5.75 Å². The molecule has 0 amide bonds. The highest BCUT2D eigenvalue weighted by Crippen LogP contribution is 2.30. The summed E-state index contributed by atoms with van der Waals surface area (Å²) in [5, 5.41) is 11.5. The number of hydrogen-bond donors (Lipinski definition) is 2. The second kappa shape index (κ2) is 13.2. The van der Waals surface area contributed by atoms with E-state index in [-0.39, 0.29) is 12.9 Å². The van der Waals surface area contributed by atoms with Crippen LogP contribution >= 0.6 is 11.3 Å². The van der Waals surface area contributed by atoms with Crippen molar-refractivity contribution in [2.24, 2.45) is 0 Å². The van der Waals surface area contributed by atoms with Gasteiger partial charge in [-0.3, -0.25) is 4.79 Å². The van der Waals surface area contributed by atoms with Gasteiger partial charge in [0.25, 0.3) is 0 Å². The number of allylic oxidation sites excluding steroid dienone is 1. The molecule has 0 saturated carbocycles. The van der Waals surface area contributed by atoms with E-state index in [9.17, 15) is 4.79 Å². The standard InChI is InChI=1S/C20H18N2O3.C6H8S.C2H6.H2/c1-12(23)15-5-7-17(22)19(20(15)24-2)16(21)6-3-13-4-8-18-14(11-13)9-10-25-18;1-2-6-4-3-5-7-6;1-2;/h3-11,21H,22H2,1-2H3;3-5H,2H2,1H3;1-2H3;1H/b6-3+,21-16?;;;. The maximum absolute atomic E-state index is 11.8. The minimum atomic E-state index is -0.139. The number of methoxy groups -OCH3 is 1. The van der Waals surface area contributed by atoms with Gasteiger partial charge in [-0.1, -0.05) is 39.0 Å². The summed E-state index contributed by atoms with van der Waals surface area (Å²) in [6, 6.07) is 15.1. The summed E-state index contributed by atoms with van der Waals surface area (Å²) in [7, 11) is 1.47. The lowest BCUT2D eigenvalue weighted by atomic mass is 9.99. The fraction of sp³-hybridized carbons (Fsp3) is 0.214. The van der Waals surface area contributed by atoms with E-state index in [4.69, 9.17) is 20.3 Å². The lowest BCUT2D eigenvalue weighted by Crippen LogP contribution is -2.08. The molecule has 180 valence electrons. The first-order valence-corrected chi connectivity index (χ1v) is 12.1. The summed E-state index contributed by atoms with van der Waals surface area (Å²) in [4.78, 5) is 13.2. The van der Waals surface area contributed by atoms with E-state index in [0.29, 0.717) is 22.6 Å². The van der Waals surface area contributed by atoms with Crippen LogP contribution in [0.15, 0.2) is 70.7 Å². The SMILES string of the molecule is CC.CCc1cccs1.COc1c(C(C)=O)ccc(N)c1C(=N)/C=C/c1ccc2occc2c1.[HH]. The number of fused-ring (bicyclic) bond motifs is 1. The molecule has 2 heterocycles. The first-order valence-electron chi connectivity index (χ1n) is 11.2. The Morgan fingerprint density at radius 2 is 1.97 bits per heavy atom. The van der Waals surface area contributed by atoms with Crippen LogP contribution in [-0.2, 0) is 6.42 Å². The second-order valence-corrected chi connectivity index (χ2v) is 8.10. The smallest absolute Gasteiger partial charge is 0.163 e. The predicted octanol–water partition coefficient (Wildman–Crippen LogP) is 7.89. The van der Waals surface area contributed by atoms with E-state index < -0.39 is 0 Å². The Bertz CT molecular complexity index is 1260. The van der Waals surface area contributed by atoms with Gasteiger partial charge in [-0.25, -0.2) is 0 Å². The van der Waals surface area contributed by atoms with Gasteiger partial charge in [-0.15, -0.1) is 11.3 Å². The van der Waals surface area contributed by atoms with Crippen LogP contribution in [0.25, 0.3) is 17.0 Å².